The Hall–Kier alpha value is -1.42. The third kappa shape index (κ3) is 1.93. The minimum absolute atomic E-state index is 0.336. The van der Waals surface area contributed by atoms with Gasteiger partial charge in [-0.2, -0.15) is 5.10 Å². The third-order valence-electron chi connectivity index (χ3n) is 3.83. The van der Waals surface area contributed by atoms with Crippen LogP contribution in [0.5, 0.6) is 0 Å². The molecule has 1 saturated heterocycles. The first kappa shape index (κ1) is 10.7. The Bertz CT molecular complexity index is 415. The van der Waals surface area contributed by atoms with Gasteiger partial charge in [-0.05, 0) is 24.2 Å². The predicted molar refractivity (Wildman–Crippen MR) is 67.8 cm³/mol. The molecule has 4 heteroatoms. The van der Waals surface area contributed by atoms with Gasteiger partial charge in [0.1, 0.15) is 0 Å². The number of nitrogens with zero attached hydrogens (tertiary/aromatic N) is 3. The first-order chi connectivity index (χ1) is 8.38. The summed E-state index contributed by atoms with van der Waals surface area (Å²) in [6, 6.07) is 4.50. The van der Waals surface area contributed by atoms with E-state index in [-0.39, 0.29) is 0 Å². The summed E-state index contributed by atoms with van der Waals surface area (Å²) in [7, 11) is 0. The van der Waals surface area contributed by atoms with Crippen molar-refractivity contribution in [3.63, 3.8) is 0 Å². The number of hydrazone groups is 1. The molecule has 1 aromatic rings. The molecule has 2 unspecified atom stereocenters. The van der Waals surface area contributed by atoms with E-state index in [0.29, 0.717) is 12.0 Å². The van der Waals surface area contributed by atoms with E-state index in [1.165, 1.54) is 11.3 Å². The van der Waals surface area contributed by atoms with Crippen LogP contribution >= 0.6 is 0 Å². The second-order valence-electron chi connectivity index (χ2n) is 4.74. The van der Waals surface area contributed by atoms with Gasteiger partial charge in [0.25, 0.3) is 0 Å². The molecule has 2 aliphatic heterocycles. The van der Waals surface area contributed by atoms with Gasteiger partial charge in [-0.25, -0.2) is 0 Å². The molecule has 0 radical (unpaired) electrons. The number of hydrogen-bond donors (Lipinski definition) is 1. The van der Waals surface area contributed by atoms with E-state index < -0.39 is 0 Å². The fourth-order valence-corrected chi connectivity index (χ4v) is 2.78. The van der Waals surface area contributed by atoms with Crippen LogP contribution in [0.4, 0.5) is 0 Å². The molecule has 2 aliphatic rings. The molecule has 0 aromatic carbocycles. The summed E-state index contributed by atoms with van der Waals surface area (Å²) in [6.45, 7) is 5.63. The van der Waals surface area contributed by atoms with Crippen molar-refractivity contribution in [3.8, 4) is 0 Å². The third-order valence-corrected chi connectivity index (χ3v) is 3.83. The summed E-state index contributed by atoms with van der Waals surface area (Å²) in [4.78, 5) is 6.58. The van der Waals surface area contributed by atoms with E-state index in [4.69, 9.17) is 0 Å². The van der Waals surface area contributed by atoms with Gasteiger partial charge in [0, 0.05) is 43.5 Å². The Morgan fingerprint density at radius 2 is 2.24 bits per heavy atom. The number of aromatic nitrogens is 1. The predicted octanol–water partition coefficient (Wildman–Crippen LogP) is 1.42. The molecule has 1 aromatic heterocycles. The molecule has 90 valence electrons. The van der Waals surface area contributed by atoms with Crippen molar-refractivity contribution in [2.24, 2.45) is 11.0 Å². The molecule has 2 atom stereocenters. The van der Waals surface area contributed by atoms with Crippen LogP contribution < -0.4 is 5.43 Å². The molecule has 0 amide bonds. The lowest BCUT2D eigenvalue weighted by Crippen LogP contribution is -2.41. The second-order valence-corrected chi connectivity index (χ2v) is 4.74. The minimum atomic E-state index is 0.336. The molecule has 0 spiro atoms. The maximum atomic E-state index is 4.50. The van der Waals surface area contributed by atoms with Gasteiger partial charge in [-0.15, -0.1) is 0 Å². The van der Waals surface area contributed by atoms with Gasteiger partial charge < -0.3 is 10.3 Å². The van der Waals surface area contributed by atoms with Crippen molar-refractivity contribution in [2.75, 3.05) is 19.6 Å². The first-order valence-electron chi connectivity index (χ1n) is 6.32. The van der Waals surface area contributed by atoms with E-state index in [2.05, 4.69) is 39.5 Å². The highest BCUT2D eigenvalue weighted by atomic mass is 15.4. The van der Waals surface area contributed by atoms with Crippen molar-refractivity contribution in [1.29, 1.82) is 0 Å². The Balaban J connectivity index is 1.81. The van der Waals surface area contributed by atoms with E-state index in [0.717, 1.165) is 26.1 Å². The van der Waals surface area contributed by atoms with Crippen molar-refractivity contribution >= 4 is 5.71 Å². The first-order valence-corrected chi connectivity index (χ1v) is 6.32. The van der Waals surface area contributed by atoms with Gasteiger partial charge in [-0.3, -0.25) is 4.98 Å². The van der Waals surface area contributed by atoms with Crippen LogP contribution in [0.1, 0.15) is 24.9 Å². The van der Waals surface area contributed by atoms with Gasteiger partial charge >= 0.3 is 0 Å². The number of hydrogen-bond acceptors (Lipinski definition) is 4. The van der Waals surface area contributed by atoms with E-state index in [1.807, 2.05) is 12.4 Å². The summed E-state index contributed by atoms with van der Waals surface area (Å²) >= 11 is 0. The zero-order valence-electron chi connectivity index (χ0n) is 10.1. The number of pyridine rings is 1. The van der Waals surface area contributed by atoms with E-state index in [9.17, 15) is 0 Å². The molecule has 3 heterocycles. The Morgan fingerprint density at radius 1 is 1.41 bits per heavy atom. The summed E-state index contributed by atoms with van der Waals surface area (Å²) < 4.78 is 0. The fraction of sp³-hybridized carbons (Fsp3) is 0.538. The number of nitrogens with one attached hydrogen (secondary N) is 1. The molecule has 3 rings (SSSR count). The topological polar surface area (TPSA) is 40.5 Å². The molecule has 17 heavy (non-hydrogen) atoms. The molecular formula is C13H18N4. The number of fused-ring (bicyclic) bond motifs is 1. The summed E-state index contributed by atoms with van der Waals surface area (Å²) in [5, 5.41) is 4.50. The normalized spacial score (nSPS) is 28.4. The molecule has 0 aliphatic carbocycles. The Kier molecular flexibility index (Phi) is 2.81. The Morgan fingerprint density at radius 3 is 3.00 bits per heavy atom. The average Bonchev–Trinajstić information content (AvgIpc) is 2.82. The molecule has 1 fully saturated rings. The molecule has 0 saturated carbocycles. The summed E-state index contributed by atoms with van der Waals surface area (Å²) in [5.41, 5.74) is 5.93. The van der Waals surface area contributed by atoms with E-state index in [1.54, 1.807) is 0 Å². The van der Waals surface area contributed by atoms with Crippen LogP contribution in [-0.2, 0) is 0 Å². The number of piperidine rings is 1. The van der Waals surface area contributed by atoms with Crippen LogP contribution in [0.15, 0.2) is 29.6 Å². The quantitative estimate of drug-likeness (QED) is 0.835. The van der Waals surface area contributed by atoms with Crippen LogP contribution in [0.3, 0.4) is 0 Å². The lowest BCUT2D eigenvalue weighted by atomic mass is 9.87. The fourth-order valence-electron chi connectivity index (χ4n) is 2.78. The van der Waals surface area contributed by atoms with Crippen molar-refractivity contribution in [2.45, 2.75) is 19.4 Å². The van der Waals surface area contributed by atoms with Crippen LogP contribution in [0.2, 0.25) is 0 Å². The van der Waals surface area contributed by atoms with Crippen molar-refractivity contribution in [1.82, 2.24) is 15.3 Å². The Labute approximate surface area is 102 Å². The van der Waals surface area contributed by atoms with Gasteiger partial charge in [0.2, 0.25) is 0 Å². The van der Waals surface area contributed by atoms with Crippen molar-refractivity contribution < 1.29 is 0 Å². The molecule has 4 nitrogen and oxygen atoms in total. The van der Waals surface area contributed by atoms with Crippen LogP contribution in [-0.4, -0.2) is 35.2 Å². The molecule has 1 N–H and O–H groups in total. The summed E-state index contributed by atoms with van der Waals surface area (Å²) in [5.74, 6) is 0.533. The molecular weight excluding hydrogens is 212 g/mol. The van der Waals surface area contributed by atoms with Crippen molar-refractivity contribution in [3.05, 3.63) is 30.1 Å². The monoisotopic (exact) mass is 230 g/mol. The summed E-state index contributed by atoms with van der Waals surface area (Å²) in [6.07, 6.45) is 4.82. The maximum Gasteiger partial charge on any atom is 0.0783 e. The molecule has 0 bridgehead atoms. The average molecular weight is 230 g/mol. The highest BCUT2D eigenvalue weighted by Gasteiger charge is 2.36. The van der Waals surface area contributed by atoms with Gasteiger partial charge in [0.05, 0.1) is 6.04 Å². The highest BCUT2D eigenvalue weighted by molar-refractivity contribution is 5.89. The van der Waals surface area contributed by atoms with Gasteiger partial charge in [0.15, 0.2) is 0 Å². The lowest BCUT2D eigenvalue weighted by molar-refractivity contribution is 0.238. The minimum Gasteiger partial charge on any atom is -0.302 e. The number of likely N-dealkylation sites (tertiary alicyclic amines) is 1. The maximum absolute atomic E-state index is 4.50. The number of rotatable bonds is 2. The zero-order chi connectivity index (χ0) is 11.7. The lowest BCUT2D eigenvalue weighted by Gasteiger charge is -2.32. The highest BCUT2D eigenvalue weighted by Crippen LogP contribution is 2.31. The largest absolute Gasteiger partial charge is 0.302 e. The SMILES string of the molecule is CCN1CCC2=NNC(c3ccncc3)C2C1. The zero-order valence-corrected chi connectivity index (χ0v) is 10.1. The second kappa shape index (κ2) is 4.45. The standard InChI is InChI=1S/C13H18N4/c1-2-17-8-5-12-11(9-17)13(16-15-12)10-3-6-14-7-4-10/h3-4,6-7,11,13,16H,2,5,8-9H2,1H3. The van der Waals surface area contributed by atoms with E-state index >= 15 is 0 Å². The van der Waals surface area contributed by atoms with Crippen LogP contribution in [0, 0.1) is 5.92 Å². The smallest absolute Gasteiger partial charge is 0.0783 e. The van der Waals surface area contributed by atoms with Crippen LogP contribution in [0.25, 0.3) is 0 Å². The van der Waals surface area contributed by atoms with Gasteiger partial charge in [-0.1, -0.05) is 6.92 Å².